The van der Waals surface area contributed by atoms with Gasteiger partial charge < -0.3 is 15.5 Å². The van der Waals surface area contributed by atoms with Crippen molar-refractivity contribution in [2.45, 2.75) is 45.2 Å². The number of hydrogen-bond donors (Lipinski definition) is 2. The number of sulfone groups is 1. The summed E-state index contributed by atoms with van der Waals surface area (Å²) in [6.07, 6.45) is 1.75. The van der Waals surface area contributed by atoms with Gasteiger partial charge in [0.2, 0.25) is 5.91 Å². The maximum absolute atomic E-state index is 12.2. The summed E-state index contributed by atoms with van der Waals surface area (Å²) >= 11 is 0. The van der Waals surface area contributed by atoms with E-state index in [2.05, 4.69) is 10.6 Å². The second kappa shape index (κ2) is 6.85. The highest BCUT2D eigenvalue weighted by Crippen LogP contribution is 2.19. The van der Waals surface area contributed by atoms with Gasteiger partial charge in [-0.1, -0.05) is 0 Å². The molecule has 1 unspecified atom stereocenters. The first-order valence-corrected chi connectivity index (χ1v) is 9.65. The fourth-order valence-corrected chi connectivity index (χ4v) is 4.58. The van der Waals surface area contributed by atoms with E-state index in [1.54, 1.807) is 4.90 Å². The third-order valence-corrected chi connectivity index (χ3v) is 5.91. The van der Waals surface area contributed by atoms with E-state index in [9.17, 15) is 18.0 Å². The molecule has 2 N–H and O–H groups in total. The van der Waals surface area contributed by atoms with Crippen LogP contribution in [-0.4, -0.2) is 61.9 Å². The van der Waals surface area contributed by atoms with Crippen molar-refractivity contribution in [3.05, 3.63) is 0 Å². The lowest BCUT2D eigenvalue weighted by Gasteiger charge is -2.32. The predicted molar refractivity (Wildman–Crippen MR) is 83.2 cm³/mol. The van der Waals surface area contributed by atoms with Crippen LogP contribution in [0.4, 0.5) is 4.79 Å². The molecule has 1 atom stereocenters. The third-order valence-electron chi connectivity index (χ3n) is 4.14. The molecule has 2 aliphatic heterocycles. The van der Waals surface area contributed by atoms with E-state index >= 15 is 0 Å². The normalized spacial score (nSPS) is 25.2. The molecule has 0 spiro atoms. The Morgan fingerprint density at radius 2 is 1.77 bits per heavy atom. The van der Waals surface area contributed by atoms with Gasteiger partial charge in [0, 0.05) is 31.1 Å². The molecule has 0 aromatic rings. The first kappa shape index (κ1) is 17.1. The van der Waals surface area contributed by atoms with E-state index in [4.69, 9.17) is 0 Å². The van der Waals surface area contributed by atoms with Crippen LogP contribution < -0.4 is 10.6 Å². The molecule has 0 radical (unpaired) electrons. The fourth-order valence-electron chi connectivity index (χ4n) is 2.91. The molecule has 2 saturated heterocycles. The van der Waals surface area contributed by atoms with E-state index in [1.165, 1.54) is 0 Å². The Balaban J connectivity index is 1.77. The summed E-state index contributed by atoms with van der Waals surface area (Å²) in [6.45, 7) is 4.93. The zero-order valence-electron chi connectivity index (χ0n) is 13.2. The van der Waals surface area contributed by atoms with Crippen molar-refractivity contribution in [2.75, 3.05) is 24.6 Å². The van der Waals surface area contributed by atoms with E-state index in [1.807, 2.05) is 13.8 Å². The summed E-state index contributed by atoms with van der Waals surface area (Å²) in [4.78, 5) is 25.8. The van der Waals surface area contributed by atoms with Crippen molar-refractivity contribution < 1.29 is 18.0 Å². The van der Waals surface area contributed by atoms with Crippen LogP contribution in [0, 0.1) is 5.92 Å². The standard InChI is InChI=1S/C14H25N3O4S/c1-10(2)15-14(19)17-6-3-11(4-7-17)13(18)16-12-5-8-22(20,21)9-12/h10-12H,3-9H2,1-2H3,(H,15,19)(H,16,18). The SMILES string of the molecule is CC(C)NC(=O)N1CCC(C(=O)NC2CCS(=O)(=O)C2)CC1. The Morgan fingerprint density at radius 3 is 2.27 bits per heavy atom. The first-order chi connectivity index (χ1) is 10.3. The minimum absolute atomic E-state index is 0.0500. The predicted octanol–water partition coefficient (Wildman–Crippen LogP) is 0.120. The van der Waals surface area contributed by atoms with Crippen LogP contribution >= 0.6 is 0 Å². The van der Waals surface area contributed by atoms with Crippen LogP contribution in [0.2, 0.25) is 0 Å². The second-order valence-electron chi connectivity index (χ2n) is 6.47. The largest absolute Gasteiger partial charge is 0.352 e. The van der Waals surface area contributed by atoms with Crippen molar-refractivity contribution in [3.63, 3.8) is 0 Å². The smallest absolute Gasteiger partial charge is 0.317 e. The molecule has 2 heterocycles. The molecule has 0 bridgehead atoms. The molecule has 3 amide bonds. The minimum atomic E-state index is -2.98. The van der Waals surface area contributed by atoms with Crippen LogP contribution in [0.25, 0.3) is 0 Å². The van der Waals surface area contributed by atoms with Crippen molar-refractivity contribution in [1.82, 2.24) is 15.5 Å². The highest BCUT2D eigenvalue weighted by Gasteiger charge is 2.32. The molecule has 0 aliphatic carbocycles. The second-order valence-corrected chi connectivity index (χ2v) is 8.70. The molecule has 0 saturated carbocycles. The number of hydrogen-bond acceptors (Lipinski definition) is 4. The van der Waals surface area contributed by atoms with Gasteiger partial charge in [0.05, 0.1) is 11.5 Å². The highest BCUT2D eigenvalue weighted by molar-refractivity contribution is 7.91. The summed E-state index contributed by atoms with van der Waals surface area (Å²) < 4.78 is 22.8. The average molecular weight is 331 g/mol. The zero-order chi connectivity index (χ0) is 16.3. The van der Waals surface area contributed by atoms with Crippen LogP contribution in [-0.2, 0) is 14.6 Å². The van der Waals surface area contributed by atoms with Crippen LogP contribution in [0.1, 0.15) is 33.1 Å². The van der Waals surface area contributed by atoms with E-state index in [-0.39, 0.29) is 41.4 Å². The number of carbonyl (C=O) groups is 2. The number of carbonyl (C=O) groups excluding carboxylic acids is 2. The lowest BCUT2D eigenvalue weighted by Crippen LogP contribution is -2.49. The highest BCUT2D eigenvalue weighted by atomic mass is 32.2. The van der Waals surface area contributed by atoms with Gasteiger partial charge in [-0.3, -0.25) is 4.79 Å². The quantitative estimate of drug-likeness (QED) is 0.768. The molecule has 2 rings (SSSR count). The molecule has 2 fully saturated rings. The van der Waals surface area contributed by atoms with Crippen LogP contribution in [0.5, 0.6) is 0 Å². The topological polar surface area (TPSA) is 95.6 Å². The summed E-state index contributed by atoms with van der Waals surface area (Å²) in [5.41, 5.74) is 0. The number of urea groups is 1. The number of amides is 3. The van der Waals surface area contributed by atoms with Crippen molar-refractivity contribution in [3.8, 4) is 0 Å². The van der Waals surface area contributed by atoms with Crippen LogP contribution in [0.3, 0.4) is 0 Å². The fraction of sp³-hybridized carbons (Fsp3) is 0.857. The summed E-state index contributed by atoms with van der Waals surface area (Å²) in [5, 5.41) is 5.69. The molecule has 2 aliphatic rings. The van der Waals surface area contributed by atoms with Crippen LogP contribution in [0.15, 0.2) is 0 Å². The van der Waals surface area contributed by atoms with E-state index in [0.717, 1.165) is 0 Å². The minimum Gasteiger partial charge on any atom is -0.352 e. The molecular formula is C14H25N3O4S. The summed E-state index contributed by atoms with van der Waals surface area (Å²) in [5.74, 6) is -0.00224. The van der Waals surface area contributed by atoms with E-state index in [0.29, 0.717) is 32.4 Å². The molecule has 8 heteroatoms. The average Bonchev–Trinajstić information content (AvgIpc) is 2.77. The molecule has 126 valence electrons. The van der Waals surface area contributed by atoms with E-state index < -0.39 is 9.84 Å². The Kier molecular flexibility index (Phi) is 5.31. The molecular weight excluding hydrogens is 306 g/mol. The molecule has 0 aromatic heterocycles. The zero-order valence-corrected chi connectivity index (χ0v) is 14.0. The summed E-state index contributed by atoms with van der Waals surface area (Å²) in [7, 11) is -2.98. The third kappa shape index (κ3) is 4.59. The summed E-state index contributed by atoms with van der Waals surface area (Å²) in [6, 6.07) is -0.242. The first-order valence-electron chi connectivity index (χ1n) is 7.83. The van der Waals surface area contributed by atoms with Gasteiger partial charge in [-0.2, -0.15) is 0 Å². The van der Waals surface area contributed by atoms with Gasteiger partial charge in [-0.25, -0.2) is 13.2 Å². The Hall–Kier alpha value is -1.31. The number of nitrogens with zero attached hydrogens (tertiary/aromatic N) is 1. The van der Waals surface area contributed by atoms with Gasteiger partial charge in [0.1, 0.15) is 0 Å². The van der Waals surface area contributed by atoms with Crippen molar-refractivity contribution >= 4 is 21.8 Å². The van der Waals surface area contributed by atoms with Gasteiger partial charge in [0.15, 0.2) is 9.84 Å². The molecule has 7 nitrogen and oxygen atoms in total. The Morgan fingerprint density at radius 1 is 1.14 bits per heavy atom. The molecule has 0 aromatic carbocycles. The maximum atomic E-state index is 12.2. The number of rotatable bonds is 3. The van der Waals surface area contributed by atoms with Gasteiger partial charge in [0.25, 0.3) is 0 Å². The lowest BCUT2D eigenvalue weighted by atomic mass is 9.95. The Labute approximate surface area is 131 Å². The number of likely N-dealkylation sites (tertiary alicyclic amines) is 1. The van der Waals surface area contributed by atoms with Gasteiger partial charge >= 0.3 is 6.03 Å². The number of nitrogens with one attached hydrogen (secondary N) is 2. The van der Waals surface area contributed by atoms with Crippen molar-refractivity contribution in [1.29, 1.82) is 0 Å². The van der Waals surface area contributed by atoms with Crippen molar-refractivity contribution in [2.24, 2.45) is 5.92 Å². The maximum Gasteiger partial charge on any atom is 0.317 e. The monoisotopic (exact) mass is 331 g/mol. The molecule has 22 heavy (non-hydrogen) atoms. The lowest BCUT2D eigenvalue weighted by molar-refractivity contribution is -0.126. The van der Waals surface area contributed by atoms with Gasteiger partial charge in [-0.15, -0.1) is 0 Å². The number of piperidine rings is 1. The van der Waals surface area contributed by atoms with Gasteiger partial charge in [-0.05, 0) is 33.1 Å². The Bertz CT molecular complexity index is 524.